The first-order valence-electron chi connectivity index (χ1n) is 2.89. The van der Waals surface area contributed by atoms with Gasteiger partial charge in [-0.1, -0.05) is 6.07 Å². The van der Waals surface area contributed by atoms with Gasteiger partial charge in [0.1, 0.15) is 0 Å². The fourth-order valence-corrected chi connectivity index (χ4v) is 0.938. The normalized spacial score (nSPS) is 9.80. The molecule has 0 bridgehead atoms. The van der Waals surface area contributed by atoms with E-state index in [4.69, 9.17) is 10.8 Å². The van der Waals surface area contributed by atoms with Crippen molar-refractivity contribution < 1.29 is 5.11 Å². The molecule has 2 nitrogen and oxygen atoms in total. The molecule has 0 saturated carbocycles. The SMILES string of the molecule is Nc1cc(CO)ccc1Br. The van der Waals surface area contributed by atoms with Crippen molar-refractivity contribution in [3.8, 4) is 0 Å². The highest BCUT2D eigenvalue weighted by molar-refractivity contribution is 9.10. The maximum absolute atomic E-state index is 8.68. The van der Waals surface area contributed by atoms with Crippen LogP contribution in [0.4, 0.5) is 5.69 Å². The topological polar surface area (TPSA) is 46.2 Å². The van der Waals surface area contributed by atoms with Gasteiger partial charge < -0.3 is 10.8 Å². The van der Waals surface area contributed by atoms with Crippen molar-refractivity contribution in [3.63, 3.8) is 0 Å². The monoisotopic (exact) mass is 201 g/mol. The van der Waals surface area contributed by atoms with Crippen LogP contribution in [0.15, 0.2) is 22.7 Å². The molecule has 0 heterocycles. The third-order valence-corrected chi connectivity index (χ3v) is 1.97. The van der Waals surface area contributed by atoms with Crippen LogP contribution in [0.3, 0.4) is 0 Å². The Bertz CT molecular complexity index is 237. The second-order valence-electron chi connectivity index (χ2n) is 2.01. The number of anilines is 1. The fourth-order valence-electron chi connectivity index (χ4n) is 0.692. The zero-order valence-corrected chi connectivity index (χ0v) is 6.93. The van der Waals surface area contributed by atoms with Crippen LogP contribution in [-0.4, -0.2) is 5.11 Å². The minimum atomic E-state index is 0.0392. The number of rotatable bonds is 1. The summed E-state index contributed by atoms with van der Waals surface area (Å²) in [5.74, 6) is 0. The van der Waals surface area contributed by atoms with E-state index < -0.39 is 0 Å². The second-order valence-corrected chi connectivity index (χ2v) is 2.87. The number of hydrogen-bond donors (Lipinski definition) is 2. The predicted molar refractivity (Wildman–Crippen MR) is 44.5 cm³/mol. The van der Waals surface area contributed by atoms with E-state index in [-0.39, 0.29) is 6.61 Å². The molecule has 0 amide bonds. The number of hydrogen-bond acceptors (Lipinski definition) is 2. The molecule has 0 aromatic heterocycles. The highest BCUT2D eigenvalue weighted by Gasteiger charge is 1.94. The lowest BCUT2D eigenvalue weighted by Gasteiger charge is -1.99. The Balaban J connectivity index is 3.04. The van der Waals surface area contributed by atoms with E-state index in [9.17, 15) is 0 Å². The molecule has 0 aliphatic heterocycles. The van der Waals surface area contributed by atoms with Gasteiger partial charge in [0.05, 0.1) is 6.61 Å². The molecule has 1 aromatic rings. The molecule has 0 atom stereocenters. The van der Waals surface area contributed by atoms with Crippen LogP contribution in [0.5, 0.6) is 0 Å². The standard InChI is InChI=1S/C7H8BrNO/c8-6-2-1-5(4-10)3-7(6)9/h1-3,10H,4,9H2. The Kier molecular flexibility index (Phi) is 2.29. The van der Waals surface area contributed by atoms with E-state index >= 15 is 0 Å². The van der Waals surface area contributed by atoms with Crippen LogP contribution >= 0.6 is 15.9 Å². The predicted octanol–water partition coefficient (Wildman–Crippen LogP) is 1.52. The zero-order chi connectivity index (χ0) is 7.56. The maximum Gasteiger partial charge on any atom is 0.0682 e. The van der Waals surface area contributed by atoms with Crippen molar-refractivity contribution in [2.24, 2.45) is 0 Å². The summed E-state index contributed by atoms with van der Waals surface area (Å²) in [5, 5.41) is 8.68. The molecule has 1 aromatic carbocycles. The smallest absolute Gasteiger partial charge is 0.0682 e. The van der Waals surface area contributed by atoms with E-state index in [1.807, 2.05) is 12.1 Å². The first kappa shape index (κ1) is 7.57. The molecule has 54 valence electrons. The largest absolute Gasteiger partial charge is 0.398 e. The molecule has 0 spiro atoms. The lowest BCUT2D eigenvalue weighted by molar-refractivity contribution is 0.282. The highest BCUT2D eigenvalue weighted by atomic mass is 79.9. The lowest BCUT2D eigenvalue weighted by atomic mass is 10.2. The molecular formula is C7H8BrNO. The van der Waals surface area contributed by atoms with Crippen LogP contribution in [0, 0.1) is 0 Å². The number of nitrogen functional groups attached to an aromatic ring is 1. The Morgan fingerprint density at radius 3 is 2.70 bits per heavy atom. The third kappa shape index (κ3) is 1.49. The van der Waals surface area contributed by atoms with E-state index in [1.165, 1.54) is 0 Å². The summed E-state index contributed by atoms with van der Waals surface area (Å²) in [6.07, 6.45) is 0. The van der Waals surface area contributed by atoms with E-state index in [2.05, 4.69) is 15.9 Å². The molecule has 0 saturated heterocycles. The van der Waals surface area contributed by atoms with Gasteiger partial charge in [0.15, 0.2) is 0 Å². The molecule has 0 radical (unpaired) electrons. The summed E-state index contributed by atoms with van der Waals surface area (Å²) in [6, 6.07) is 5.38. The Morgan fingerprint density at radius 2 is 2.20 bits per heavy atom. The van der Waals surface area contributed by atoms with Gasteiger partial charge in [-0.2, -0.15) is 0 Å². The molecule has 1 rings (SSSR count). The summed E-state index contributed by atoms with van der Waals surface area (Å²) in [7, 11) is 0. The summed E-state index contributed by atoms with van der Waals surface area (Å²) < 4.78 is 0.865. The van der Waals surface area contributed by atoms with Crippen LogP contribution in [0.1, 0.15) is 5.56 Å². The first-order valence-corrected chi connectivity index (χ1v) is 3.68. The summed E-state index contributed by atoms with van der Waals surface area (Å²) in [6.45, 7) is 0.0392. The number of halogens is 1. The summed E-state index contributed by atoms with van der Waals surface area (Å²) in [4.78, 5) is 0. The van der Waals surface area contributed by atoms with Gasteiger partial charge in [0, 0.05) is 10.2 Å². The van der Waals surface area contributed by atoms with E-state index in [0.717, 1.165) is 10.0 Å². The van der Waals surface area contributed by atoms with Gasteiger partial charge >= 0.3 is 0 Å². The Morgan fingerprint density at radius 1 is 1.50 bits per heavy atom. The van der Waals surface area contributed by atoms with Crippen molar-refractivity contribution in [2.75, 3.05) is 5.73 Å². The van der Waals surface area contributed by atoms with Gasteiger partial charge in [0.25, 0.3) is 0 Å². The van der Waals surface area contributed by atoms with Gasteiger partial charge in [-0.3, -0.25) is 0 Å². The minimum Gasteiger partial charge on any atom is -0.398 e. The second kappa shape index (κ2) is 3.03. The Hall–Kier alpha value is -0.540. The van der Waals surface area contributed by atoms with Crippen molar-refractivity contribution in [3.05, 3.63) is 28.2 Å². The number of benzene rings is 1. The van der Waals surface area contributed by atoms with Gasteiger partial charge in [-0.25, -0.2) is 0 Å². The maximum atomic E-state index is 8.68. The number of aliphatic hydroxyl groups excluding tert-OH is 1. The lowest BCUT2D eigenvalue weighted by Crippen LogP contribution is -1.89. The average molecular weight is 202 g/mol. The quantitative estimate of drug-likeness (QED) is 0.678. The van der Waals surface area contributed by atoms with Crippen LogP contribution in [0.2, 0.25) is 0 Å². The van der Waals surface area contributed by atoms with Crippen molar-refractivity contribution in [1.29, 1.82) is 0 Å². The Labute approximate surface area is 67.8 Å². The molecule has 10 heavy (non-hydrogen) atoms. The molecule has 0 aliphatic carbocycles. The average Bonchev–Trinajstić information content (AvgIpc) is 1.95. The summed E-state index contributed by atoms with van der Waals surface area (Å²) >= 11 is 3.25. The molecule has 0 aliphatic rings. The summed E-state index contributed by atoms with van der Waals surface area (Å²) in [5.41, 5.74) is 7.03. The zero-order valence-electron chi connectivity index (χ0n) is 5.34. The molecule has 3 heteroatoms. The van der Waals surface area contributed by atoms with E-state index in [1.54, 1.807) is 6.07 Å². The van der Waals surface area contributed by atoms with Crippen molar-refractivity contribution >= 4 is 21.6 Å². The van der Waals surface area contributed by atoms with Crippen LogP contribution in [0.25, 0.3) is 0 Å². The van der Waals surface area contributed by atoms with Gasteiger partial charge in [-0.05, 0) is 33.6 Å². The number of aliphatic hydroxyl groups is 1. The molecular weight excluding hydrogens is 194 g/mol. The molecule has 0 unspecified atom stereocenters. The first-order chi connectivity index (χ1) is 4.74. The van der Waals surface area contributed by atoms with Gasteiger partial charge in [-0.15, -0.1) is 0 Å². The van der Waals surface area contributed by atoms with Crippen LogP contribution < -0.4 is 5.73 Å². The minimum absolute atomic E-state index is 0.0392. The van der Waals surface area contributed by atoms with E-state index in [0.29, 0.717) is 5.69 Å². The molecule has 3 N–H and O–H groups in total. The van der Waals surface area contributed by atoms with Crippen LogP contribution in [-0.2, 0) is 6.61 Å². The fraction of sp³-hybridized carbons (Fsp3) is 0.143. The van der Waals surface area contributed by atoms with Gasteiger partial charge in [0.2, 0.25) is 0 Å². The highest BCUT2D eigenvalue weighted by Crippen LogP contribution is 2.19. The molecule has 0 fully saturated rings. The number of nitrogens with two attached hydrogens (primary N) is 1. The third-order valence-electron chi connectivity index (χ3n) is 1.24. The van der Waals surface area contributed by atoms with Crippen molar-refractivity contribution in [1.82, 2.24) is 0 Å². The van der Waals surface area contributed by atoms with Crippen molar-refractivity contribution in [2.45, 2.75) is 6.61 Å².